The molecule has 5 nitrogen and oxygen atoms in total. The summed E-state index contributed by atoms with van der Waals surface area (Å²) in [5.41, 5.74) is -0.793. The van der Waals surface area contributed by atoms with E-state index in [-0.39, 0.29) is 17.2 Å². The first kappa shape index (κ1) is 17.0. The van der Waals surface area contributed by atoms with Gasteiger partial charge in [0, 0.05) is 33.2 Å². The summed E-state index contributed by atoms with van der Waals surface area (Å²) in [6.45, 7) is 9.82. The number of amides is 2. The lowest BCUT2D eigenvalue weighted by molar-refractivity contribution is -0.139. The largest absolute Gasteiger partial charge is 0.385 e. The Kier molecular flexibility index (Phi) is 5.57. The van der Waals surface area contributed by atoms with E-state index in [4.69, 9.17) is 4.74 Å². The van der Waals surface area contributed by atoms with E-state index in [9.17, 15) is 9.59 Å². The molecule has 0 bridgehead atoms. The van der Waals surface area contributed by atoms with Gasteiger partial charge in [-0.05, 0) is 25.2 Å². The summed E-state index contributed by atoms with van der Waals surface area (Å²) in [6, 6.07) is 0. The molecule has 1 rings (SSSR count). The third kappa shape index (κ3) is 4.20. The molecule has 2 amide bonds. The highest BCUT2D eigenvalue weighted by Crippen LogP contribution is 2.25. The van der Waals surface area contributed by atoms with E-state index in [1.54, 1.807) is 7.11 Å². The summed E-state index contributed by atoms with van der Waals surface area (Å²) >= 11 is 0. The van der Waals surface area contributed by atoms with Crippen molar-refractivity contribution in [1.82, 2.24) is 10.2 Å². The molecule has 1 N–H and O–H groups in total. The molecular formula is C15H28N2O3. The van der Waals surface area contributed by atoms with Crippen molar-refractivity contribution in [3.8, 4) is 0 Å². The average molecular weight is 284 g/mol. The van der Waals surface area contributed by atoms with Crippen LogP contribution in [0.15, 0.2) is 0 Å². The van der Waals surface area contributed by atoms with E-state index in [1.807, 2.05) is 18.7 Å². The van der Waals surface area contributed by atoms with Crippen LogP contribution < -0.4 is 5.32 Å². The third-order valence-electron chi connectivity index (χ3n) is 4.09. The molecule has 5 heteroatoms. The molecule has 1 atom stereocenters. The van der Waals surface area contributed by atoms with Crippen LogP contribution in [-0.4, -0.2) is 49.1 Å². The topological polar surface area (TPSA) is 58.6 Å². The molecule has 1 heterocycles. The molecule has 1 fully saturated rings. The van der Waals surface area contributed by atoms with Crippen molar-refractivity contribution in [3.63, 3.8) is 0 Å². The Morgan fingerprint density at radius 2 is 2.05 bits per heavy atom. The minimum Gasteiger partial charge on any atom is -0.385 e. The second kappa shape index (κ2) is 6.57. The molecule has 0 radical (unpaired) electrons. The molecule has 0 aromatic rings. The van der Waals surface area contributed by atoms with E-state index in [1.165, 1.54) is 0 Å². The predicted molar refractivity (Wildman–Crippen MR) is 78.3 cm³/mol. The van der Waals surface area contributed by atoms with Gasteiger partial charge in [0.2, 0.25) is 11.8 Å². The zero-order valence-corrected chi connectivity index (χ0v) is 13.4. The Labute approximate surface area is 122 Å². The first-order valence-electron chi connectivity index (χ1n) is 7.33. The second-order valence-corrected chi connectivity index (χ2v) is 6.62. The molecule has 1 unspecified atom stereocenters. The lowest BCUT2D eigenvalue weighted by atomic mass is 9.88. The molecule has 20 heavy (non-hydrogen) atoms. The number of nitrogens with zero attached hydrogens (tertiary/aromatic N) is 1. The SMILES string of the molecule is CCC1(C)NC(=O)CCN(CC(C)(C)CCOC)C1=O. The standard InChI is InChI=1S/C15H28N2O3/c1-6-15(4)13(19)17(9-7-12(18)16-15)11-14(2,3)8-10-20-5/h6-11H2,1-5H3,(H,16,18). The second-order valence-electron chi connectivity index (χ2n) is 6.62. The van der Waals surface area contributed by atoms with Crippen molar-refractivity contribution in [2.75, 3.05) is 26.8 Å². The van der Waals surface area contributed by atoms with E-state index in [0.29, 0.717) is 32.5 Å². The Morgan fingerprint density at radius 1 is 1.40 bits per heavy atom. The maximum atomic E-state index is 12.7. The van der Waals surface area contributed by atoms with E-state index < -0.39 is 5.54 Å². The van der Waals surface area contributed by atoms with Crippen molar-refractivity contribution in [1.29, 1.82) is 0 Å². The Balaban J connectivity index is 2.82. The fraction of sp³-hybridized carbons (Fsp3) is 0.867. The van der Waals surface area contributed by atoms with Crippen LogP contribution in [0.5, 0.6) is 0 Å². The summed E-state index contributed by atoms with van der Waals surface area (Å²) in [4.78, 5) is 26.3. The highest BCUT2D eigenvalue weighted by atomic mass is 16.5. The van der Waals surface area contributed by atoms with Gasteiger partial charge in [-0.1, -0.05) is 20.8 Å². The van der Waals surface area contributed by atoms with Crippen LogP contribution in [-0.2, 0) is 14.3 Å². The number of hydrogen-bond acceptors (Lipinski definition) is 3. The molecule has 116 valence electrons. The highest BCUT2D eigenvalue weighted by molar-refractivity contribution is 5.93. The van der Waals surface area contributed by atoms with Crippen molar-refractivity contribution >= 4 is 11.8 Å². The molecule has 1 aliphatic heterocycles. The molecule has 0 aromatic carbocycles. The molecular weight excluding hydrogens is 256 g/mol. The van der Waals surface area contributed by atoms with Gasteiger partial charge in [-0.25, -0.2) is 0 Å². The first-order valence-corrected chi connectivity index (χ1v) is 7.33. The summed E-state index contributed by atoms with van der Waals surface area (Å²) in [7, 11) is 1.68. The smallest absolute Gasteiger partial charge is 0.248 e. The zero-order chi connectivity index (χ0) is 15.4. The van der Waals surface area contributed by atoms with Gasteiger partial charge >= 0.3 is 0 Å². The van der Waals surface area contributed by atoms with Crippen LogP contribution in [0.25, 0.3) is 0 Å². The normalized spacial score (nSPS) is 24.6. The molecule has 0 aliphatic carbocycles. The molecule has 0 saturated carbocycles. The number of ether oxygens (including phenoxy) is 1. The predicted octanol–water partition coefficient (Wildman–Crippen LogP) is 1.57. The Hall–Kier alpha value is -1.10. The third-order valence-corrected chi connectivity index (χ3v) is 4.09. The maximum Gasteiger partial charge on any atom is 0.248 e. The van der Waals surface area contributed by atoms with Gasteiger partial charge in [0.25, 0.3) is 0 Å². The fourth-order valence-corrected chi connectivity index (χ4v) is 2.48. The van der Waals surface area contributed by atoms with Crippen molar-refractivity contribution in [2.24, 2.45) is 5.41 Å². The highest BCUT2D eigenvalue weighted by Gasteiger charge is 2.40. The lowest BCUT2D eigenvalue weighted by Gasteiger charge is -2.36. The maximum absolute atomic E-state index is 12.7. The quantitative estimate of drug-likeness (QED) is 0.805. The summed E-state index contributed by atoms with van der Waals surface area (Å²) in [6.07, 6.45) is 1.87. The van der Waals surface area contributed by atoms with Gasteiger partial charge in [0.05, 0.1) is 0 Å². The summed E-state index contributed by atoms with van der Waals surface area (Å²) in [5, 5.41) is 2.86. The number of carbonyl (C=O) groups is 2. The Morgan fingerprint density at radius 3 is 2.60 bits per heavy atom. The molecule has 1 aliphatic rings. The van der Waals surface area contributed by atoms with Gasteiger partial charge in [0.1, 0.15) is 5.54 Å². The van der Waals surface area contributed by atoms with Crippen molar-refractivity contribution in [3.05, 3.63) is 0 Å². The lowest BCUT2D eigenvalue weighted by Crippen LogP contribution is -2.55. The zero-order valence-electron chi connectivity index (χ0n) is 13.4. The van der Waals surface area contributed by atoms with Crippen LogP contribution in [0.2, 0.25) is 0 Å². The monoisotopic (exact) mass is 284 g/mol. The van der Waals surface area contributed by atoms with E-state index in [2.05, 4.69) is 19.2 Å². The number of nitrogens with one attached hydrogen (secondary N) is 1. The van der Waals surface area contributed by atoms with E-state index >= 15 is 0 Å². The molecule has 0 spiro atoms. The number of carbonyl (C=O) groups excluding carboxylic acids is 2. The van der Waals surface area contributed by atoms with Crippen LogP contribution in [0.1, 0.15) is 47.0 Å². The molecule has 0 aromatic heterocycles. The minimum atomic E-state index is -0.773. The number of hydrogen-bond donors (Lipinski definition) is 1. The summed E-state index contributed by atoms with van der Waals surface area (Å²) < 4.78 is 5.13. The van der Waals surface area contributed by atoms with Crippen LogP contribution in [0.4, 0.5) is 0 Å². The average Bonchev–Trinajstić information content (AvgIpc) is 2.49. The van der Waals surface area contributed by atoms with Gasteiger partial charge < -0.3 is 15.0 Å². The van der Waals surface area contributed by atoms with Crippen molar-refractivity contribution < 1.29 is 14.3 Å². The molecule has 1 saturated heterocycles. The van der Waals surface area contributed by atoms with Crippen LogP contribution >= 0.6 is 0 Å². The number of methoxy groups -OCH3 is 1. The van der Waals surface area contributed by atoms with Crippen LogP contribution in [0, 0.1) is 5.41 Å². The first-order chi connectivity index (χ1) is 9.24. The Bertz CT molecular complexity index is 368. The fourth-order valence-electron chi connectivity index (χ4n) is 2.48. The van der Waals surface area contributed by atoms with Crippen molar-refractivity contribution in [2.45, 2.75) is 52.5 Å². The summed E-state index contributed by atoms with van der Waals surface area (Å²) in [5.74, 6) is -0.0174. The number of rotatable bonds is 6. The van der Waals surface area contributed by atoms with Gasteiger partial charge in [0.15, 0.2) is 0 Å². The van der Waals surface area contributed by atoms with Gasteiger partial charge in [-0.3, -0.25) is 9.59 Å². The van der Waals surface area contributed by atoms with E-state index in [0.717, 1.165) is 6.42 Å². The van der Waals surface area contributed by atoms with Gasteiger partial charge in [-0.15, -0.1) is 0 Å². The van der Waals surface area contributed by atoms with Crippen LogP contribution in [0.3, 0.4) is 0 Å². The minimum absolute atomic E-state index is 0.0201. The van der Waals surface area contributed by atoms with Gasteiger partial charge in [-0.2, -0.15) is 0 Å².